The number of para-hydroxylation sites is 4. The van der Waals surface area contributed by atoms with Gasteiger partial charge < -0.3 is 14.2 Å². The first-order valence-corrected chi connectivity index (χ1v) is 17.7. The minimum absolute atomic E-state index is 0.304. The third kappa shape index (κ3) is 5.25. The summed E-state index contributed by atoms with van der Waals surface area (Å²) in [6.07, 6.45) is 0. The lowest BCUT2D eigenvalue weighted by Gasteiger charge is -2.33. The Kier molecular flexibility index (Phi) is 7.40. The molecule has 0 saturated carbocycles. The summed E-state index contributed by atoms with van der Waals surface area (Å²) in [5.74, 6) is 2.71. The molecule has 1 aliphatic rings. The van der Waals surface area contributed by atoms with E-state index in [-0.39, 0.29) is 0 Å². The molecule has 0 unspecified atom stereocenters. The second-order valence-electron chi connectivity index (χ2n) is 13.1. The third-order valence-corrected chi connectivity index (χ3v) is 9.89. The number of rotatable bonds is 5. The maximum atomic E-state index is 10.8. The first-order valence-electron chi connectivity index (χ1n) is 17.7. The fourth-order valence-electron chi connectivity index (χ4n) is 7.40. The van der Waals surface area contributed by atoms with Crippen molar-refractivity contribution in [3.8, 4) is 63.5 Å². The predicted molar refractivity (Wildman–Crippen MR) is 215 cm³/mol. The van der Waals surface area contributed by atoms with Crippen LogP contribution in [0.4, 0.5) is 17.1 Å². The van der Waals surface area contributed by atoms with Gasteiger partial charge in [0.05, 0.1) is 45.3 Å². The van der Waals surface area contributed by atoms with Crippen LogP contribution >= 0.6 is 0 Å². The van der Waals surface area contributed by atoms with Crippen LogP contribution in [0.1, 0.15) is 11.1 Å². The molecule has 8 nitrogen and oxygen atoms in total. The van der Waals surface area contributed by atoms with Crippen LogP contribution in [0.3, 0.4) is 0 Å². The SMILES string of the molecule is N#Cc1cc(-n2c3ccccc3c3cc4c(cc32)N(c2ccccc2)c2ccccc2O4)c(C#N)cc1-c1nc(-c2ccccc2)nc(-c2ccccc2)n1. The first-order chi connectivity index (χ1) is 27.2. The quantitative estimate of drug-likeness (QED) is 0.175. The van der Waals surface area contributed by atoms with E-state index in [2.05, 4.69) is 51.9 Å². The van der Waals surface area contributed by atoms with Crippen LogP contribution in [0.5, 0.6) is 11.5 Å². The van der Waals surface area contributed by atoms with Gasteiger partial charge in [-0.15, -0.1) is 0 Å². The van der Waals surface area contributed by atoms with E-state index in [0.29, 0.717) is 45.6 Å². The molecular weight excluding hydrogens is 679 g/mol. The molecule has 3 heterocycles. The summed E-state index contributed by atoms with van der Waals surface area (Å²) in [5.41, 5.74) is 7.80. The lowest BCUT2D eigenvalue weighted by molar-refractivity contribution is 0.478. The molecule has 8 heteroatoms. The number of nitrogens with zero attached hydrogens (tertiary/aromatic N) is 7. The normalized spacial score (nSPS) is 11.7. The molecule has 0 saturated heterocycles. The average Bonchev–Trinajstić information content (AvgIpc) is 3.57. The summed E-state index contributed by atoms with van der Waals surface area (Å²) in [6.45, 7) is 0. The van der Waals surface area contributed by atoms with Gasteiger partial charge in [0.1, 0.15) is 6.07 Å². The minimum atomic E-state index is 0.304. The average molecular weight is 706 g/mol. The predicted octanol–water partition coefficient (Wildman–Crippen LogP) is 11.3. The van der Waals surface area contributed by atoms with Crippen molar-refractivity contribution < 1.29 is 4.74 Å². The molecule has 2 aromatic heterocycles. The van der Waals surface area contributed by atoms with Crippen molar-refractivity contribution >= 4 is 38.9 Å². The van der Waals surface area contributed by atoms with E-state index in [9.17, 15) is 10.5 Å². The lowest BCUT2D eigenvalue weighted by Crippen LogP contribution is -2.15. The van der Waals surface area contributed by atoms with Crippen molar-refractivity contribution in [1.29, 1.82) is 10.5 Å². The molecule has 0 amide bonds. The van der Waals surface area contributed by atoms with Gasteiger partial charge in [-0.25, -0.2) is 15.0 Å². The van der Waals surface area contributed by atoms with E-state index in [1.807, 2.05) is 121 Å². The summed E-state index contributed by atoms with van der Waals surface area (Å²) in [7, 11) is 0. The summed E-state index contributed by atoms with van der Waals surface area (Å²) >= 11 is 0. The molecule has 0 atom stereocenters. The Morgan fingerprint density at radius 1 is 0.455 bits per heavy atom. The van der Waals surface area contributed by atoms with E-state index in [1.165, 1.54) is 0 Å². The smallest absolute Gasteiger partial charge is 0.165 e. The number of benzene rings is 7. The Morgan fingerprint density at radius 2 is 1.05 bits per heavy atom. The highest BCUT2D eigenvalue weighted by atomic mass is 16.5. The minimum Gasteiger partial charge on any atom is -0.453 e. The standard InChI is InChI=1S/C47H27N7O/c48-28-32-25-40(33(29-49)24-36(32)47-51-45(30-14-4-1-5-15-30)50-46(52-47)31-16-6-2-7-17-31)54-38-21-11-10-20-35(38)37-26-44-42(27-41(37)54)53(34-18-8-3-9-19-34)39-22-12-13-23-43(39)55-44/h1-27H. The van der Waals surface area contributed by atoms with Gasteiger partial charge in [0.2, 0.25) is 0 Å². The van der Waals surface area contributed by atoms with Crippen LogP contribution in [0.25, 0.3) is 61.7 Å². The number of hydrogen-bond acceptors (Lipinski definition) is 7. The van der Waals surface area contributed by atoms with Gasteiger partial charge in [-0.1, -0.05) is 109 Å². The number of fused-ring (bicyclic) bond motifs is 5. The van der Waals surface area contributed by atoms with E-state index < -0.39 is 0 Å². The molecule has 9 aromatic rings. The topological polar surface area (TPSA) is 104 Å². The Morgan fingerprint density at radius 3 is 1.75 bits per heavy atom. The second-order valence-corrected chi connectivity index (χ2v) is 13.1. The van der Waals surface area contributed by atoms with Crippen LogP contribution in [-0.4, -0.2) is 19.5 Å². The number of nitriles is 2. The van der Waals surface area contributed by atoms with Crippen molar-refractivity contribution in [2.24, 2.45) is 0 Å². The van der Waals surface area contributed by atoms with Gasteiger partial charge in [-0.3, -0.25) is 0 Å². The lowest BCUT2D eigenvalue weighted by atomic mass is 10.0. The van der Waals surface area contributed by atoms with E-state index in [0.717, 1.165) is 55.7 Å². The summed E-state index contributed by atoms with van der Waals surface area (Å²) in [5, 5.41) is 23.5. The number of aromatic nitrogens is 4. The Labute approximate surface area is 316 Å². The maximum Gasteiger partial charge on any atom is 0.165 e. The van der Waals surface area contributed by atoms with Gasteiger partial charge in [-0.05, 0) is 54.6 Å². The summed E-state index contributed by atoms with van der Waals surface area (Å²) in [6, 6.07) is 58.1. The van der Waals surface area contributed by atoms with Crippen molar-refractivity contribution in [3.05, 3.63) is 175 Å². The van der Waals surface area contributed by atoms with Gasteiger partial charge in [0.25, 0.3) is 0 Å². The van der Waals surface area contributed by atoms with Gasteiger partial charge in [0.15, 0.2) is 29.0 Å². The van der Waals surface area contributed by atoms with Crippen LogP contribution in [0, 0.1) is 22.7 Å². The van der Waals surface area contributed by atoms with E-state index in [1.54, 1.807) is 12.1 Å². The van der Waals surface area contributed by atoms with Gasteiger partial charge in [-0.2, -0.15) is 10.5 Å². The molecule has 256 valence electrons. The van der Waals surface area contributed by atoms with Crippen molar-refractivity contribution in [1.82, 2.24) is 19.5 Å². The zero-order valence-corrected chi connectivity index (χ0v) is 29.1. The largest absolute Gasteiger partial charge is 0.453 e. The Balaban J connectivity index is 1.21. The van der Waals surface area contributed by atoms with E-state index in [4.69, 9.17) is 19.7 Å². The summed E-state index contributed by atoms with van der Waals surface area (Å²) in [4.78, 5) is 16.7. The Bertz CT molecular complexity index is 2980. The molecule has 1 aliphatic heterocycles. The fourth-order valence-corrected chi connectivity index (χ4v) is 7.40. The molecular formula is C47H27N7O. The molecule has 55 heavy (non-hydrogen) atoms. The van der Waals surface area contributed by atoms with Gasteiger partial charge >= 0.3 is 0 Å². The molecule has 0 aliphatic carbocycles. The molecule has 7 aromatic carbocycles. The van der Waals surface area contributed by atoms with Gasteiger partial charge in [0, 0.05) is 33.2 Å². The molecule has 0 fully saturated rings. The van der Waals surface area contributed by atoms with Crippen molar-refractivity contribution in [2.45, 2.75) is 0 Å². The zero-order chi connectivity index (χ0) is 36.9. The monoisotopic (exact) mass is 705 g/mol. The molecule has 0 radical (unpaired) electrons. The highest BCUT2D eigenvalue weighted by molar-refractivity contribution is 6.12. The molecule has 0 spiro atoms. The van der Waals surface area contributed by atoms with Crippen LogP contribution < -0.4 is 9.64 Å². The van der Waals surface area contributed by atoms with Crippen LogP contribution in [0.15, 0.2) is 164 Å². The highest BCUT2D eigenvalue weighted by Gasteiger charge is 2.28. The van der Waals surface area contributed by atoms with Crippen molar-refractivity contribution in [3.63, 3.8) is 0 Å². The molecule has 0 bridgehead atoms. The first kappa shape index (κ1) is 31.6. The molecule has 10 rings (SSSR count). The summed E-state index contributed by atoms with van der Waals surface area (Å²) < 4.78 is 8.63. The third-order valence-electron chi connectivity index (χ3n) is 9.89. The maximum absolute atomic E-state index is 10.8. The van der Waals surface area contributed by atoms with Crippen LogP contribution in [0.2, 0.25) is 0 Å². The molecule has 0 N–H and O–H groups in total. The highest BCUT2D eigenvalue weighted by Crippen LogP contribution is 2.52. The van der Waals surface area contributed by atoms with E-state index >= 15 is 0 Å². The number of hydrogen-bond donors (Lipinski definition) is 0. The second kappa shape index (κ2) is 12.9. The Hall–Kier alpha value is -8.07. The zero-order valence-electron chi connectivity index (χ0n) is 29.1. The van der Waals surface area contributed by atoms with Crippen molar-refractivity contribution in [2.75, 3.05) is 4.90 Å². The number of anilines is 3. The van der Waals surface area contributed by atoms with Crippen LogP contribution in [-0.2, 0) is 0 Å². The fraction of sp³-hybridized carbons (Fsp3) is 0. The number of ether oxygens (including phenoxy) is 1.